The van der Waals surface area contributed by atoms with Crippen molar-refractivity contribution in [2.45, 2.75) is 12.6 Å². The molecule has 5 nitrogen and oxygen atoms in total. The molecule has 1 aromatic carbocycles. The predicted octanol–water partition coefficient (Wildman–Crippen LogP) is 0.951. The Balaban J connectivity index is 1.96. The van der Waals surface area contributed by atoms with Gasteiger partial charge in [0.25, 0.3) is 5.56 Å². The van der Waals surface area contributed by atoms with E-state index in [1.54, 1.807) is 6.07 Å². The summed E-state index contributed by atoms with van der Waals surface area (Å²) in [6, 6.07) is 4.37. The number of nitrogens with zero attached hydrogens (tertiary/aromatic N) is 2. The first-order chi connectivity index (χ1) is 9.25. The second kappa shape index (κ2) is 5.07. The van der Waals surface area contributed by atoms with Gasteiger partial charge >= 0.3 is 0 Å². The molecule has 1 aliphatic rings. The molecule has 0 spiro atoms. The number of ether oxygens (including phenoxy) is 2. The monoisotopic (exact) mass is 264 g/mol. The predicted molar refractivity (Wildman–Crippen MR) is 66.5 cm³/mol. The van der Waals surface area contributed by atoms with Gasteiger partial charge in [-0.05, 0) is 12.1 Å². The van der Waals surface area contributed by atoms with Crippen molar-refractivity contribution < 1.29 is 13.9 Å². The van der Waals surface area contributed by atoms with E-state index in [-0.39, 0.29) is 22.6 Å². The van der Waals surface area contributed by atoms with Crippen molar-refractivity contribution in [3.05, 3.63) is 40.7 Å². The number of benzene rings is 1. The molecular formula is C13H13FN2O3. The Morgan fingerprint density at radius 3 is 3.11 bits per heavy atom. The minimum Gasteiger partial charge on any atom is -0.376 e. The quantitative estimate of drug-likeness (QED) is 0.810. The van der Waals surface area contributed by atoms with Crippen LogP contribution in [0.4, 0.5) is 4.39 Å². The van der Waals surface area contributed by atoms with Crippen LogP contribution in [-0.4, -0.2) is 35.5 Å². The van der Waals surface area contributed by atoms with Crippen LogP contribution < -0.4 is 5.56 Å². The molecule has 1 unspecified atom stereocenters. The molecule has 0 radical (unpaired) electrons. The molecule has 1 atom stereocenters. The largest absolute Gasteiger partial charge is 0.376 e. The summed E-state index contributed by atoms with van der Waals surface area (Å²) in [5.41, 5.74) is -0.164. The maximum atomic E-state index is 13.5. The van der Waals surface area contributed by atoms with Gasteiger partial charge in [0, 0.05) is 0 Å². The van der Waals surface area contributed by atoms with E-state index in [0.717, 1.165) is 0 Å². The van der Waals surface area contributed by atoms with Crippen molar-refractivity contribution >= 4 is 10.9 Å². The highest BCUT2D eigenvalue weighted by Crippen LogP contribution is 2.11. The zero-order valence-electron chi connectivity index (χ0n) is 10.2. The fourth-order valence-electron chi connectivity index (χ4n) is 2.15. The van der Waals surface area contributed by atoms with E-state index in [1.165, 1.54) is 23.0 Å². The second-order valence-corrected chi connectivity index (χ2v) is 4.41. The van der Waals surface area contributed by atoms with Gasteiger partial charge in [-0.2, -0.15) is 0 Å². The molecule has 2 heterocycles. The van der Waals surface area contributed by atoms with Gasteiger partial charge < -0.3 is 9.47 Å². The third kappa shape index (κ3) is 2.36. The number of hydrogen-bond donors (Lipinski definition) is 0. The van der Waals surface area contributed by atoms with E-state index < -0.39 is 5.82 Å². The van der Waals surface area contributed by atoms with Crippen LogP contribution in [0.5, 0.6) is 0 Å². The number of halogens is 1. The van der Waals surface area contributed by atoms with Crippen LogP contribution in [0, 0.1) is 5.82 Å². The van der Waals surface area contributed by atoms with Gasteiger partial charge in [-0.1, -0.05) is 6.07 Å². The topological polar surface area (TPSA) is 53.4 Å². The van der Waals surface area contributed by atoms with Crippen LogP contribution in [0.2, 0.25) is 0 Å². The summed E-state index contributed by atoms with van der Waals surface area (Å²) in [4.78, 5) is 16.2. The van der Waals surface area contributed by atoms with E-state index in [1.807, 2.05) is 0 Å². The second-order valence-electron chi connectivity index (χ2n) is 4.41. The maximum absolute atomic E-state index is 13.5. The highest BCUT2D eigenvalue weighted by atomic mass is 19.1. The minimum atomic E-state index is -0.487. The lowest BCUT2D eigenvalue weighted by Crippen LogP contribution is -2.35. The Labute approximate surface area is 108 Å². The fourth-order valence-corrected chi connectivity index (χ4v) is 2.15. The Morgan fingerprint density at radius 2 is 2.32 bits per heavy atom. The summed E-state index contributed by atoms with van der Waals surface area (Å²) >= 11 is 0. The number of aromatic nitrogens is 2. The number of rotatable bonds is 2. The smallest absolute Gasteiger partial charge is 0.261 e. The van der Waals surface area contributed by atoms with Crippen molar-refractivity contribution in [3.63, 3.8) is 0 Å². The highest BCUT2D eigenvalue weighted by molar-refractivity contribution is 5.77. The van der Waals surface area contributed by atoms with Crippen molar-refractivity contribution in [2.75, 3.05) is 19.8 Å². The summed E-state index contributed by atoms with van der Waals surface area (Å²) in [7, 11) is 0. The van der Waals surface area contributed by atoms with E-state index in [0.29, 0.717) is 26.4 Å². The zero-order chi connectivity index (χ0) is 13.2. The van der Waals surface area contributed by atoms with Gasteiger partial charge in [-0.15, -0.1) is 0 Å². The lowest BCUT2D eigenvalue weighted by atomic mass is 10.2. The molecule has 6 heteroatoms. The molecule has 3 rings (SSSR count). The van der Waals surface area contributed by atoms with E-state index >= 15 is 0 Å². The standard InChI is InChI=1S/C13H13FN2O3/c14-11-3-1-2-10-12(11)15-8-16(13(10)17)6-9-7-18-4-5-19-9/h1-3,8-9H,4-7H2. The molecule has 0 amide bonds. The van der Waals surface area contributed by atoms with Crippen LogP contribution in [-0.2, 0) is 16.0 Å². The number of hydrogen-bond acceptors (Lipinski definition) is 4. The third-order valence-electron chi connectivity index (χ3n) is 3.09. The molecule has 1 saturated heterocycles. The molecule has 0 N–H and O–H groups in total. The molecule has 19 heavy (non-hydrogen) atoms. The molecule has 100 valence electrons. The van der Waals surface area contributed by atoms with Gasteiger partial charge in [0.15, 0.2) is 0 Å². The summed E-state index contributed by atoms with van der Waals surface area (Å²) in [6.07, 6.45) is 1.19. The molecule has 1 aromatic heterocycles. The Kier molecular flexibility index (Phi) is 3.27. The third-order valence-corrected chi connectivity index (χ3v) is 3.09. The Bertz CT molecular complexity index is 650. The van der Waals surface area contributed by atoms with Gasteiger partial charge in [-0.25, -0.2) is 9.37 Å². The molecule has 2 aromatic rings. The van der Waals surface area contributed by atoms with Gasteiger partial charge in [0.1, 0.15) is 11.3 Å². The van der Waals surface area contributed by atoms with Crippen LogP contribution in [0.25, 0.3) is 10.9 Å². The average molecular weight is 264 g/mol. The average Bonchev–Trinajstić information content (AvgIpc) is 2.44. The van der Waals surface area contributed by atoms with Crippen LogP contribution >= 0.6 is 0 Å². The summed E-state index contributed by atoms with van der Waals surface area (Å²) < 4.78 is 25.7. The fraction of sp³-hybridized carbons (Fsp3) is 0.385. The van der Waals surface area contributed by atoms with Crippen LogP contribution in [0.15, 0.2) is 29.3 Å². The number of fused-ring (bicyclic) bond motifs is 1. The van der Waals surface area contributed by atoms with Gasteiger partial charge in [0.05, 0.1) is 44.2 Å². The summed E-state index contributed by atoms with van der Waals surface area (Å²) in [5, 5.41) is 0.277. The van der Waals surface area contributed by atoms with Crippen molar-refractivity contribution in [2.24, 2.45) is 0 Å². The van der Waals surface area contributed by atoms with Crippen molar-refractivity contribution in [1.29, 1.82) is 0 Å². The molecule has 0 bridgehead atoms. The minimum absolute atomic E-state index is 0.101. The van der Waals surface area contributed by atoms with E-state index in [2.05, 4.69) is 4.98 Å². The van der Waals surface area contributed by atoms with Crippen molar-refractivity contribution in [1.82, 2.24) is 9.55 Å². The van der Waals surface area contributed by atoms with E-state index in [9.17, 15) is 9.18 Å². The maximum Gasteiger partial charge on any atom is 0.261 e. The molecule has 1 fully saturated rings. The van der Waals surface area contributed by atoms with Crippen LogP contribution in [0.1, 0.15) is 0 Å². The zero-order valence-corrected chi connectivity index (χ0v) is 10.2. The van der Waals surface area contributed by atoms with E-state index in [4.69, 9.17) is 9.47 Å². The Hall–Kier alpha value is -1.79. The molecular weight excluding hydrogens is 251 g/mol. The molecule has 0 saturated carbocycles. The highest BCUT2D eigenvalue weighted by Gasteiger charge is 2.16. The SMILES string of the molecule is O=c1c2cccc(F)c2ncn1CC1COCCO1. The van der Waals surface area contributed by atoms with Crippen molar-refractivity contribution in [3.8, 4) is 0 Å². The lowest BCUT2D eigenvalue weighted by Gasteiger charge is -2.23. The lowest BCUT2D eigenvalue weighted by molar-refractivity contribution is -0.0939. The molecule has 0 aliphatic carbocycles. The normalized spacial score (nSPS) is 19.7. The summed E-state index contributed by atoms with van der Waals surface area (Å²) in [6.45, 7) is 1.91. The molecule has 1 aliphatic heterocycles. The Morgan fingerprint density at radius 1 is 1.42 bits per heavy atom. The van der Waals surface area contributed by atoms with Gasteiger partial charge in [0.2, 0.25) is 0 Å². The first-order valence-corrected chi connectivity index (χ1v) is 6.09. The first-order valence-electron chi connectivity index (χ1n) is 6.09. The summed E-state index contributed by atoms with van der Waals surface area (Å²) in [5.74, 6) is -0.487. The number of para-hydroxylation sites is 1. The first kappa shape index (κ1) is 12.3. The van der Waals surface area contributed by atoms with Gasteiger partial charge in [-0.3, -0.25) is 9.36 Å². The van der Waals surface area contributed by atoms with Crippen LogP contribution in [0.3, 0.4) is 0 Å².